The number of hydrogen-bond acceptors (Lipinski definition) is 3. The fourth-order valence-electron chi connectivity index (χ4n) is 2.97. The van der Waals surface area contributed by atoms with Crippen molar-refractivity contribution in [2.75, 3.05) is 5.32 Å². The quantitative estimate of drug-likeness (QED) is 0.623. The first-order valence-electron chi connectivity index (χ1n) is 8.73. The number of anilines is 1. The zero-order valence-electron chi connectivity index (χ0n) is 15.0. The molecule has 146 valence electrons. The number of pyridine rings is 1. The summed E-state index contributed by atoms with van der Waals surface area (Å²) >= 11 is 0. The molecule has 0 atom stereocenters. The van der Waals surface area contributed by atoms with Gasteiger partial charge in [-0.2, -0.15) is 18.3 Å². The summed E-state index contributed by atoms with van der Waals surface area (Å²) in [6.45, 7) is 0.242. The molecule has 29 heavy (non-hydrogen) atoms. The molecular weight excluding hydrogens is 381 g/mol. The highest BCUT2D eigenvalue weighted by atomic mass is 19.4. The zero-order valence-corrected chi connectivity index (χ0v) is 15.0. The van der Waals surface area contributed by atoms with Gasteiger partial charge in [0.15, 0.2) is 0 Å². The van der Waals surface area contributed by atoms with E-state index in [2.05, 4.69) is 15.4 Å². The van der Waals surface area contributed by atoms with Crippen molar-refractivity contribution in [2.45, 2.75) is 12.7 Å². The molecule has 1 aliphatic rings. The van der Waals surface area contributed by atoms with Gasteiger partial charge in [-0.3, -0.25) is 4.98 Å². The first kappa shape index (κ1) is 18.7. The van der Waals surface area contributed by atoms with Gasteiger partial charge in [0.05, 0.1) is 18.3 Å². The van der Waals surface area contributed by atoms with Crippen LogP contribution < -0.4 is 5.32 Å². The van der Waals surface area contributed by atoms with Crippen molar-refractivity contribution in [1.29, 1.82) is 0 Å². The summed E-state index contributed by atoms with van der Waals surface area (Å²) in [4.78, 5) is 16.2. The number of benzene rings is 2. The summed E-state index contributed by atoms with van der Waals surface area (Å²) in [6.07, 6.45) is 0.439. The minimum absolute atomic E-state index is 0.242. The summed E-state index contributed by atoms with van der Waals surface area (Å²) in [7, 11) is 0. The maximum absolute atomic E-state index is 12.8. The topological polar surface area (TPSA) is 57.6 Å². The fourth-order valence-corrected chi connectivity index (χ4v) is 2.97. The van der Waals surface area contributed by atoms with Gasteiger partial charge in [0.1, 0.15) is 0 Å². The predicted octanol–water partition coefficient (Wildman–Crippen LogP) is 5.15. The van der Waals surface area contributed by atoms with Crippen LogP contribution in [0, 0.1) is 0 Å². The molecule has 1 N–H and O–H groups in total. The van der Waals surface area contributed by atoms with Crippen molar-refractivity contribution in [1.82, 2.24) is 9.99 Å². The third kappa shape index (κ3) is 4.11. The molecule has 0 spiro atoms. The Morgan fingerprint density at radius 2 is 1.83 bits per heavy atom. The molecule has 1 aliphatic heterocycles. The Labute approximate surface area is 164 Å². The lowest BCUT2D eigenvalue weighted by atomic mass is 10.00. The number of halogens is 3. The lowest BCUT2D eigenvalue weighted by Crippen LogP contribution is -2.35. The van der Waals surface area contributed by atoms with Crippen molar-refractivity contribution >= 4 is 17.9 Å². The van der Waals surface area contributed by atoms with Crippen LogP contribution in [0.15, 0.2) is 72.1 Å². The molecule has 0 fully saturated rings. The number of rotatable bonds is 3. The Balaban J connectivity index is 1.57. The summed E-state index contributed by atoms with van der Waals surface area (Å²) in [5.74, 6) is 0. The van der Waals surface area contributed by atoms with Crippen LogP contribution in [-0.2, 0) is 12.7 Å². The number of hydrazone groups is 1. The highest BCUT2D eigenvalue weighted by Crippen LogP contribution is 2.33. The van der Waals surface area contributed by atoms with Crippen LogP contribution in [0.4, 0.5) is 23.7 Å². The van der Waals surface area contributed by atoms with Crippen molar-refractivity contribution in [3.05, 3.63) is 83.7 Å². The number of urea groups is 1. The molecule has 0 aliphatic carbocycles. The number of alkyl halides is 3. The average molecular weight is 396 g/mol. The Hall–Kier alpha value is -3.68. The number of aromatic nitrogens is 1. The average Bonchev–Trinajstić information content (AvgIpc) is 2.72. The van der Waals surface area contributed by atoms with Crippen LogP contribution >= 0.6 is 0 Å². The van der Waals surface area contributed by atoms with Crippen molar-refractivity contribution < 1.29 is 18.0 Å². The number of carbonyl (C=O) groups is 1. The van der Waals surface area contributed by atoms with Gasteiger partial charge in [0.2, 0.25) is 0 Å². The van der Waals surface area contributed by atoms with Gasteiger partial charge < -0.3 is 5.32 Å². The predicted molar refractivity (Wildman–Crippen MR) is 103 cm³/mol. The van der Waals surface area contributed by atoms with Gasteiger partial charge in [-0.1, -0.05) is 24.3 Å². The van der Waals surface area contributed by atoms with Gasteiger partial charge in [-0.05, 0) is 47.0 Å². The van der Waals surface area contributed by atoms with Crippen LogP contribution in [0.1, 0.15) is 16.7 Å². The molecule has 2 amide bonds. The molecule has 2 heterocycles. The van der Waals surface area contributed by atoms with Crippen molar-refractivity contribution in [3.63, 3.8) is 0 Å². The zero-order chi connectivity index (χ0) is 20.4. The standard InChI is InChI=1S/C21H15F3N4O/c22-21(23,24)18-6-3-15(4-7-18)16-5-8-19-17(10-16)13-28(20(29)27-19)26-12-14-2-1-9-25-11-14/h1-12H,13H2,(H,27,29). The highest BCUT2D eigenvalue weighted by molar-refractivity contribution is 5.93. The largest absolute Gasteiger partial charge is 0.416 e. The number of nitrogens with zero attached hydrogens (tertiary/aromatic N) is 3. The molecule has 0 radical (unpaired) electrons. The van der Waals surface area contributed by atoms with E-state index in [1.54, 1.807) is 30.6 Å². The second-order valence-electron chi connectivity index (χ2n) is 6.47. The Bertz CT molecular complexity index is 1060. The molecule has 0 saturated heterocycles. The minimum atomic E-state index is -4.37. The van der Waals surface area contributed by atoms with E-state index in [-0.39, 0.29) is 12.6 Å². The number of carbonyl (C=O) groups excluding carboxylic acids is 1. The van der Waals surface area contributed by atoms with Crippen LogP contribution in [-0.4, -0.2) is 22.2 Å². The van der Waals surface area contributed by atoms with Crippen LogP contribution in [0.3, 0.4) is 0 Å². The van der Waals surface area contributed by atoms with Gasteiger partial charge in [0.25, 0.3) is 0 Å². The van der Waals surface area contributed by atoms with E-state index in [1.165, 1.54) is 23.4 Å². The molecule has 0 unspecified atom stereocenters. The molecule has 4 rings (SSSR count). The Morgan fingerprint density at radius 1 is 1.07 bits per heavy atom. The molecule has 8 heteroatoms. The summed E-state index contributed by atoms with van der Waals surface area (Å²) < 4.78 is 38.3. The molecule has 2 aromatic carbocycles. The highest BCUT2D eigenvalue weighted by Gasteiger charge is 2.30. The monoisotopic (exact) mass is 396 g/mol. The first-order chi connectivity index (χ1) is 13.9. The maximum atomic E-state index is 12.8. The lowest BCUT2D eigenvalue weighted by Gasteiger charge is -2.26. The van der Waals surface area contributed by atoms with E-state index in [0.717, 1.165) is 28.8 Å². The van der Waals surface area contributed by atoms with Gasteiger partial charge in [-0.25, -0.2) is 9.80 Å². The normalized spacial score (nSPS) is 14.0. The van der Waals surface area contributed by atoms with E-state index < -0.39 is 11.7 Å². The fraction of sp³-hybridized carbons (Fsp3) is 0.0952. The van der Waals surface area contributed by atoms with E-state index in [4.69, 9.17) is 0 Å². The Kier molecular flexibility index (Phi) is 4.75. The van der Waals surface area contributed by atoms with Crippen LogP contribution in [0.5, 0.6) is 0 Å². The third-order valence-corrected chi connectivity index (χ3v) is 4.48. The summed E-state index contributed by atoms with van der Waals surface area (Å²) in [5.41, 5.74) is 2.93. The summed E-state index contributed by atoms with van der Waals surface area (Å²) in [6, 6.07) is 13.5. The minimum Gasteiger partial charge on any atom is -0.306 e. The molecule has 5 nitrogen and oxygen atoms in total. The lowest BCUT2D eigenvalue weighted by molar-refractivity contribution is -0.137. The van der Waals surface area contributed by atoms with E-state index in [0.29, 0.717) is 11.3 Å². The van der Waals surface area contributed by atoms with E-state index in [9.17, 15) is 18.0 Å². The van der Waals surface area contributed by atoms with Gasteiger partial charge >= 0.3 is 12.2 Å². The van der Waals surface area contributed by atoms with Gasteiger partial charge in [0, 0.05) is 23.6 Å². The smallest absolute Gasteiger partial charge is 0.306 e. The Morgan fingerprint density at radius 3 is 2.52 bits per heavy atom. The third-order valence-electron chi connectivity index (χ3n) is 4.48. The number of nitrogens with one attached hydrogen (secondary N) is 1. The second kappa shape index (κ2) is 7.38. The maximum Gasteiger partial charge on any atom is 0.416 e. The molecule has 0 saturated carbocycles. The van der Waals surface area contributed by atoms with E-state index >= 15 is 0 Å². The van der Waals surface area contributed by atoms with E-state index in [1.807, 2.05) is 12.1 Å². The molecular formula is C21H15F3N4O. The van der Waals surface area contributed by atoms with Crippen molar-refractivity contribution in [2.24, 2.45) is 5.10 Å². The number of hydrogen-bond donors (Lipinski definition) is 1. The van der Waals surface area contributed by atoms with Crippen molar-refractivity contribution in [3.8, 4) is 11.1 Å². The molecule has 3 aromatic rings. The van der Waals surface area contributed by atoms with Crippen LogP contribution in [0.25, 0.3) is 11.1 Å². The number of amides is 2. The second-order valence-corrected chi connectivity index (χ2v) is 6.47. The first-order valence-corrected chi connectivity index (χ1v) is 8.73. The number of fused-ring (bicyclic) bond motifs is 1. The molecule has 0 bridgehead atoms. The van der Waals surface area contributed by atoms with Gasteiger partial charge in [-0.15, -0.1) is 0 Å². The summed E-state index contributed by atoms with van der Waals surface area (Å²) in [5, 5.41) is 8.25. The van der Waals surface area contributed by atoms with Crippen LogP contribution in [0.2, 0.25) is 0 Å². The molecule has 1 aromatic heterocycles. The SMILES string of the molecule is O=C1Nc2ccc(-c3ccc(C(F)(F)F)cc3)cc2CN1N=Cc1cccnc1.